The predicted octanol–water partition coefficient (Wildman–Crippen LogP) is 5.00. The molecule has 172 valence electrons. The van der Waals surface area contributed by atoms with E-state index in [0.29, 0.717) is 35.2 Å². The van der Waals surface area contributed by atoms with E-state index in [2.05, 4.69) is 9.98 Å². The van der Waals surface area contributed by atoms with Gasteiger partial charge in [-0.25, -0.2) is 0 Å². The highest BCUT2D eigenvalue weighted by Crippen LogP contribution is 2.27. The van der Waals surface area contributed by atoms with Crippen LogP contribution in [-0.2, 0) is 13.0 Å². The van der Waals surface area contributed by atoms with E-state index in [-0.39, 0.29) is 17.4 Å². The molecular formula is C28H26N2O4. The quantitative estimate of drug-likeness (QED) is 0.285. The van der Waals surface area contributed by atoms with E-state index >= 15 is 0 Å². The van der Waals surface area contributed by atoms with Crippen molar-refractivity contribution < 1.29 is 14.3 Å². The number of aromatic nitrogens is 1. The Hall–Kier alpha value is -4.19. The van der Waals surface area contributed by atoms with Crippen LogP contribution in [0.5, 0.6) is 11.5 Å². The minimum Gasteiger partial charge on any atom is -0.497 e. The molecule has 0 saturated carbocycles. The number of methoxy groups -OCH3 is 1. The molecule has 4 rings (SSSR count). The zero-order valence-corrected chi connectivity index (χ0v) is 19.2. The Morgan fingerprint density at radius 3 is 2.47 bits per heavy atom. The fourth-order valence-corrected chi connectivity index (χ4v) is 3.72. The zero-order chi connectivity index (χ0) is 23.9. The van der Waals surface area contributed by atoms with Gasteiger partial charge in [-0.1, -0.05) is 42.5 Å². The second-order valence-corrected chi connectivity index (χ2v) is 8.04. The first-order valence-electron chi connectivity index (χ1n) is 11.1. The van der Waals surface area contributed by atoms with E-state index in [1.807, 2.05) is 61.5 Å². The summed E-state index contributed by atoms with van der Waals surface area (Å²) in [5, 5.41) is 0.615. The highest BCUT2D eigenvalue weighted by atomic mass is 16.5. The third-order valence-electron chi connectivity index (χ3n) is 5.50. The molecule has 34 heavy (non-hydrogen) atoms. The number of nitrogens with zero attached hydrogens (tertiary/aromatic N) is 1. The average Bonchev–Trinajstić information content (AvgIpc) is 2.87. The number of carbonyl (C=O) groups is 1. The zero-order valence-electron chi connectivity index (χ0n) is 19.2. The second kappa shape index (κ2) is 10.6. The van der Waals surface area contributed by atoms with Gasteiger partial charge in [0.05, 0.1) is 24.9 Å². The lowest BCUT2D eigenvalue weighted by atomic mass is 10.0. The maximum absolute atomic E-state index is 13.0. The van der Waals surface area contributed by atoms with Crippen molar-refractivity contribution in [2.45, 2.75) is 26.0 Å². The van der Waals surface area contributed by atoms with Crippen molar-refractivity contribution in [2.75, 3.05) is 7.11 Å². The van der Waals surface area contributed by atoms with Crippen LogP contribution in [0.25, 0.3) is 10.9 Å². The number of rotatable bonds is 9. The minimum absolute atomic E-state index is 0.0723. The SMILES string of the molecule is COc1ccc(C[C@@H](C)N=CC(=O)c2ccc(OCc3ccccc3)c3[nH]c(=O)ccc23)cc1. The third-order valence-corrected chi connectivity index (χ3v) is 5.50. The van der Waals surface area contributed by atoms with Crippen molar-refractivity contribution in [3.63, 3.8) is 0 Å². The first kappa shape index (κ1) is 23.0. The molecule has 4 aromatic rings. The molecule has 1 N–H and O–H groups in total. The summed E-state index contributed by atoms with van der Waals surface area (Å²) in [5.41, 5.74) is 2.81. The Bertz CT molecular complexity index is 1360. The number of aliphatic imine (C=N–C) groups is 1. The highest BCUT2D eigenvalue weighted by Gasteiger charge is 2.14. The van der Waals surface area contributed by atoms with Gasteiger partial charge in [0.25, 0.3) is 0 Å². The molecule has 3 aromatic carbocycles. The summed E-state index contributed by atoms with van der Waals surface area (Å²) in [5.74, 6) is 1.09. The number of ketones is 1. The van der Waals surface area contributed by atoms with Gasteiger partial charge in [0.1, 0.15) is 18.1 Å². The van der Waals surface area contributed by atoms with Crippen LogP contribution in [0.4, 0.5) is 0 Å². The van der Waals surface area contributed by atoms with Gasteiger partial charge in [-0.2, -0.15) is 0 Å². The summed E-state index contributed by atoms with van der Waals surface area (Å²) in [7, 11) is 1.63. The molecule has 6 nitrogen and oxygen atoms in total. The van der Waals surface area contributed by atoms with Gasteiger partial charge in [0.15, 0.2) is 0 Å². The largest absolute Gasteiger partial charge is 0.497 e. The fourth-order valence-electron chi connectivity index (χ4n) is 3.72. The lowest BCUT2D eigenvalue weighted by molar-refractivity contribution is 0.107. The molecule has 0 aliphatic carbocycles. The summed E-state index contributed by atoms with van der Waals surface area (Å²) in [6.45, 7) is 2.31. The van der Waals surface area contributed by atoms with Crippen LogP contribution < -0.4 is 15.0 Å². The number of aromatic amines is 1. The van der Waals surface area contributed by atoms with Crippen molar-refractivity contribution in [3.8, 4) is 11.5 Å². The molecule has 0 amide bonds. The molecule has 6 heteroatoms. The molecule has 0 bridgehead atoms. The molecule has 0 saturated heterocycles. The number of Topliss-reactive ketones (excluding diaryl/α,β-unsaturated/α-hetero) is 1. The molecular weight excluding hydrogens is 428 g/mol. The summed E-state index contributed by atoms with van der Waals surface area (Å²) in [6.07, 6.45) is 2.06. The standard InChI is InChI=1S/C28H26N2O4/c1-19(16-20-8-10-22(33-2)11-9-20)29-17-25(31)23-12-14-26(28-24(23)13-15-27(32)30-28)34-18-21-6-4-3-5-7-21/h3-15,17,19H,16,18H2,1-2H3,(H,30,32)/t19-/m1/s1. The van der Waals surface area contributed by atoms with Crippen molar-refractivity contribution in [1.82, 2.24) is 4.98 Å². The van der Waals surface area contributed by atoms with Crippen molar-refractivity contribution in [1.29, 1.82) is 0 Å². The van der Waals surface area contributed by atoms with Crippen LogP contribution in [0.15, 0.2) is 88.6 Å². The van der Waals surface area contributed by atoms with Gasteiger partial charge in [-0.3, -0.25) is 14.6 Å². The highest BCUT2D eigenvalue weighted by molar-refractivity contribution is 6.38. The first-order chi connectivity index (χ1) is 16.5. The summed E-state index contributed by atoms with van der Waals surface area (Å²) < 4.78 is 11.1. The van der Waals surface area contributed by atoms with Crippen LogP contribution in [-0.4, -0.2) is 30.1 Å². The number of H-pyrrole nitrogens is 1. The topological polar surface area (TPSA) is 80.8 Å². The second-order valence-electron chi connectivity index (χ2n) is 8.04. The average molecular weight is 455 g/mol. The van der Waals surface area contributed by atoms with Crippen LogP contribution >= 0.6 is 0 Å². The number of carbonyl (C=O) groups excluding carboxylic acids is 1. The molecule has 0 aliphatic heterocycles. The summed E-state index contributed by atoms with van der Waals surface area (Å²) >= 11 is 0. The molecule has 0 spiro atoms. The summed E-state index contributed by atoms with van der Waals surface area (Å²) in [4.78, 5) is 32.2. The van der Waals surface area contributed by atoms with Crippen LogP contribution in [0.1, 0.15) is 28.4 Å². The fraction of sp³-hybridized carbons (Fsp3) is 0.179. The van der Waals surface area contributed by atoms with Gasteiger partial charge >= 0.3 is 0 Å². The van der Waals surface area contributed by atoms with Crippen molar-refractivity contribution >= 4 is 22.9 Å². The van der Waals surface area contributed by atoms with E-state index in [1.54, 1.807) is 25.3 Å². The lowest BCUT2D eigenvalue weighted by Crippen LogP contribution is -2.10. The molecule has 0 fully saturated rings. The molecule has 0 aliphatic rings. The van der Waals surface area contributed by atoms with Crippen LogP contribution in [0.2, 0.25) is 0 Å². The van der Waals surface area contributed by atoms with Gasteiger partial charge in [0.2, 0.25) is 11.3 Å². The number of hydrogen-bond donors (Lipinski definition) is 1. The normalized spacial score (nSPS) is 12.1. The predicted molar refractivity (Wildman–Crippen MR) is 134 cm³/mol. The maximum atomic E-state index is 13.0. The van der Waals surface area contributed by atoms with E-state index in [1.165, 1.54) is 12.3 Å². The first-order valence-corrected chi connectivity index (χ1v) is 11.1. The Morgan fingerprint density at radius 1 is 0.971 bits per heavy atom. The number of pyridine rings is 1. The number of nitrogens with one attached hydrogen (secondary N) is 1. The number of benzene rings is 3. The minimum atomic E-state index is -0.261. The summed E-state index contributed by atoms with van der Waals surface area (Å²) in [6, 6.07) is 23.9. The smallest absolute Gasteiger partial charge is 0.248 e. The lowest BCUT2D eigenvalue weighted by Gasteiger charge is -2.11. The van der Waals surface area contributed by atoms with E-state index in [4.69, 9.17) is 9.47 Å². The Kier molecular flexibility index (Phi) is 7.18. The Labute approximate surface area is 197 Å². The monoisotopic (exact) mass is 454 g/mol. The molecule has 1 heterocycles. The molecule has 1 aromatic heterocycles. The van der Waals surface area contributed by atoms with E-state index in [9.17, 15) is 9.59 Å². The molecule has 1 atom stereocenters. The molecule has 0 unspecified atom stereocenters. The Balaban J connectivity index is 1.52. The van der Waals surface area contributed by atoms with Crippen molar-refractivity contribution in [3.05, 3.63) is 106 Å². The van der Waals surface area contributed by atoms with E-state index < -0.39 is 0 Å². The van der Waals surface area contributed by atoms with Crippen LogP contribution in [0.3, 0.4) is 0 Å². The van der Waals surface area contributed by atoms with E-state index in [0.717, 1.165) is 16.9 Å². The van der Waals surface area contributed by atoms with Gasteiger partial charge in [-0.15, -0.1) is 0 Å². The maximum Gasteiger partial charge on any atom is 0.248 e. The number of ether oxygens (including phenoxy) is 2. The van der Waals surface area contributed by atoms with Gasteiger partial charge in [0, 0.05) is 17.0 Å². The van der Waals surface area contributed by atoms with Gasteiger partial charge in [-0.05, 0) is 54.8 Å². The van der Waals surface area contributed by atoms with Gasteiger partial charge < -0.3 is 14.5 Å². The van der Waals surface area contributed by atoms with Crippen LogP contribution in [0, 0.1) is 0 Å². The number of fused-ring (bicyclic) bond motifs is 1. The molecule has 0 radical (unpaired) electrons. The number of hydrogen-bond acceptors (Lipinski definition) is 5. The Morgan fingerprint density at radius 2 is 1.74 bits per heavy atom. The van der Waals surface area contributed by atoms with Crippen molar-refractivity contribution in [2.24, 2.45) is 4.99 Å². The third kappa shape index (κ3) is 5.59.